The Morgan fingerprint density at radius 1 is 1.27 bits per heavy atom. The zero-order chi connectivity index (χ0) is 15.9. The minimum absolute atomic E-state index is 0.107. The highest BCUT2D eigenvalue weighted by molar-refractivity contribution is 6.01. The van der Waals surface area contributed by atoms with Gasteiger partial charge in [-0.15, -0.1) is 0 Å². The van der Waals surface area contributed by atoms with Crippen LogP contribution in [-0.4, -0.2) is 35.0 Å². The van der Waals surface area contributed by atoms with Crippen molar-refractivity contribution < 1.29 is 19.5 Å². The lowest BCUT2D eigenvalue weighted by atomic mass is 10.1. The van der Waals surface area contributed by atoms with E-state index in [0.717, 1.165) is 11.3 Å². The second kappa shape index (κ2) is 5.12. The predicted molar refractivity (Wildman–Crippen MR) is 79.4 cm³/mol. The second-order valence-electron chi connectivity index (χ2n) is 6.12. The minimum Gasteiger partial charge on any atom is -0.480 e. The highest BCUT2D eigenvalue weighted by Gasteiger charge is 2.52. The lowest BCUT2D eigenvalue weighted by Gasteiger charge is -2.18. The monoisotopic (exact) mass is 302 g/mol. The van der Waals surface area contributed by atoms with Gasteiger partial charge in [0.2, 0.25) is 11.8 Å². The number of benzene rings is 1. The summed E-state index contributed by atoms with van der Waals surface area (Å²) in [6, 6.07) is 7.54. The van der Waals surface area contributed by atoms with Crippen LogP contribution in [0.15, 0.2) is 24.3 Å². The fourth-order valence-corrected chi connectivity index (χ4v) is 2.71. The van der Waals surface area contributed by atoms with Crippen LogP contribution in [0.4, 0.5) is 5.69 Å². The fraction of sp³-hybridized carbons (Fsp3) is 0.438. The summed E-state index contributed by atoms with van der Waals surface area (Å²) in [6.07, 6.45) is 1.03. The van der Waals surface area contributed by atoms with E-state index in [-0.39, 0.29) is 18.2 Å². The molecule has 3 rings (SSSR count). The maximum Gasteiger partial charge on any atom is 0.329 e. The van der Waals surface area contributed by atoms with Crippen LogP contribution in [0.1, 0.15) is 24.8 Å². The van der Waals surface area contributed by atoms with Gasteiger partial charge in [0.05, 0.1) is 5.92 Å². The molecule has 2 fully saturated rings. The summed E-state index contributed by atoms with van der Waals surface area (Å²) in [6.45, 7) is 2.26. The summed E-state index contributed by atoms with van der Waals surface area (Å²) in [7, 11) is 0. The van der Waals surface area contributed by atoms with Crippen molar-refractivity contribution in [2.24, 2.45) is 5.92 Å². The molecule has 0 aromatic heterocycles. The van der Waals surface area contributed by atoms with E-state index in [1.165, 1.54) is 0 Å². The molecule has 1 aromatic rings. The molecule has 6 nitrogen and oxygen atoms in total. The fourth-order valence-electron chi connectivity index (χ4n) is 2.71. The van der Waals surface area contributed by atoms with Crippen molar-refractivity contribution >= 4 is 23.5 Å². The van der Waals surface area contributed by atoms with Crippen LogP contribution >= 0.6 is 0 Å². The van der Waals surface area contributed by atoms with Crippen molar-refractivity contribution in [1.29, 1.82) is 0 Å². The Morgan fingerprint density at radius 3 is 2.45 bits per heavy atom. The lowest BCUT2D eigenvalue weighted by Crippen LogP contribution is -2.46. The smallest absolute Gasteiger partial charge is 0.329 e. The maximum atomic E-state index is 12.2. The molecule has 1 atom stereocenters. The van der Waals surface area contributed by atoms with Gasteiger partial charge in [-0.2, -0.15) is 0 Å². The largest absolute Gasteiger partial charge is 0.480 e. The summed E-state index contributed by atoms with van der Waals surface area (Å²) < 4.78 is 0. The zero-order valence-electron chi connectivity index (χ0n) is 12.3. The van der Waals surface area contributed by atoms with Crippen LogP contribution in [-0.2, 0) is 14.4 Å². The summed E-state index contributed by atoms with van der Waals surface area (Å²) in [5, 5.41) is 11.7. The van der Waals surface area contributed by atoms with E-state index < -0.39 is 17.4 Å². The Labute approximate surface area is 128 Å². The molecular weight excluding hydrogens is 284 g/mol. The van der Waals surface area contributed by atoms with E-state index in [0.29, 0.717) is 19.4 Å². The molecule has 1 aromatic carbocycles. The molecule has 116 valence electrons. The molecular formula is C16H18N2O4. The van der Waals surface area contributed by atoms with Crippen LogP contribution in [0.5, 0.6) is 0 Å². The van der Waals surface area contributed by atoms with Crippen LogP contribution in [0.2, 0.25) is 0 Å². The first-order chi connectivity index (χ1) is 10.4. The molecule has 1 saturated carbocycles. The molecule has 1 aliphatic carbocycles. The Kier molecular flexibility index (Phi) is 3.39. The third-order valence-corrected chi connectivity index (χ3v) is 4.36. The molecule has 2 N–H and O–H groups in total. The van der Waals surface area contributed by atoms with Gasteiger partial charge in [0.25, 0.3) is 0 Å². The normalized spacial score (nSPS) is 22.5. The first-order valence-electron chi connectivity index (χ1n) is 7.34. The average Bonchev–Trinajstić information content (AvgIpc) is 3.15. The number of carbonyl (C=O) groups excluding carboxylic acids is 2. The van der Waals surface area contributed by atoms with Crippen molar-refractivity contribution in [3.05, 3.63) is 29.8 Å². The van der Waals surface area contributed by atoms with E-state index in [1.807, 2.05) is 31.2 Å². The van der Waals surface area contributed by atoms with Crippen molar-refractivity contribution in [3.8, 4) is 0 Å². The molecule has 1 unspecified atom stereocenters. The van der Waals surface area contributed by atoms with E-state index in [2.05, 4.69) is 5.32 Å². The summed E-state index contributed by atoms with van der Waals surface area (Å²) in [5.74, 6) is -1.95. The van der Waals surface area contributed by atoms with Gasteiger partial charge < -0.3 is 15.3 Å². The van der Waals surface area contributed by atoms with Crippen molar-refractivity contribution in [2.45, 2.75) is 31.7 Å². The zero-order valence-corrected chi connectivity index (χ0v) is 12.3. The number of hydrogen-bond donors (Lipinski definition) is 2. The third-order valence-electron chi connectivity index (χ3n) is 4.36. The van der Waals surface area contributed by atoms with Crippen LogP contribution < -0.4 is 10.2 Å². The summed E-state index contributed by atoms with van der Waals surface area (Å²) >= 11 is 0. The minimum atomic E-state index is -1.10. The standard InChI is InChI=1S/C16H18N2O4/c1-10-2-4-12(5-3-10)18-9-11(8-13(18)19)14(20)17-16(6-7-16)15(21)22/h2-5,11H,6-9H2,1H3,(H,17,20)(H,21,22). The second-order valence-corrected chi connectivity index (χ2v) is 6.12. The molecule has 0 radical (unpaired) electrons. The Balaban J connectivity index is 1.68. The van der Waals surface area contributed by atoms with Gasteiger partial charge >= 0.3 is 5.97 Å². The van der Waals surface area contributed by atoms with Crippen molar-refractivity contribution in [1.82, 2.24) is 5.32 Å². The van der Waals surface area contributed by atoms with Crippen LogP contribution in [0.25, 0.3) is 0 Å². The Bertz CT molecular complexity index is 634. The maximum absolute atomic E-state index is 12.2. The van der Waals surface area contributed by atoms with E-state index in [9.17, 15) is 14.4 Å². The quantitative estimate of drug-likeness (QED) is 0.871. The number of carbonyl (C=O) groups is 3. The van der Waals surface area contributed by atoms with Gasteiger partial charge in [-0.1, -0.05) is 17.7 Å². The SMILES string of the molecule is Cc1ccc(N2CC(C(=O)NC3(C(=O)O)CC3)CC2=O)cc1. The molecule has 0 spiro atoms. The first kappa shape index (κ1) is 14.6. The number of anilines is 1. The molecule has 1 aliphatic heterocycles. The molecule has 0 bridgehead atoms. The topological polar surface area (TPSA) is 86.7 Å². The van der Waals surface area contributed by atoms with Crippen molar-refractivity contribution in [3.63, 3.8) is 0 Å². The number of aliphatic carboxylic acids is 1. The van der Waals surface area contributed by atoms with E-state index in [1.54, 1.807) is 4.90 Å². The highest BCUT2D eigenvalue weighted by atomic mass is 16.4. The highest BCUT2D eigenvalue weighted by Crippen LogP contribution is 2.36. The van der Waals surface area contributed by atoms with Gasteiger partial charge in [0.15, 0.2) is 0 Å². The molecule has 1 saturated heterocycles. The Morgan fingerprint density at radius 2 is 1.91 bits per heavy atom. The van der Waals surface area contributed by atoms with E-state index in [4.69, 9.17) is 5.11 Å². The van der Waals surface area contributed by atoms with Crippen LogP contribution in [0, 0.1) is 12.8 Å². The van der Waals surface area contributed by atoms with Crippen LogP contribution in [0.3, 0.4) is 0 Å². The first-order valence-corrected chi connectivity index (χ1v) is 7.34. The number of nitrogens with one attached hydrogen (secondary N) is 1. The number of nitrogens with zero attached hydrogens (tertiary/aromatic N) is 1. The number of carboxylic acids is 1. The molecule has 22 heavy (non-hydrogen) atoms. The van der Waals surface area contributed by atoms with Gasteiger partial charge in [-0.25, -0.2) is 4.79 Å². The number of amides is 2. The van der Waals surface area contributed by atoms with Gasteiger partial charge in [0, 0.05) is 18.7 Å². The Hall–Kier alpha value is -2.37. The average molecular weight is 302 g/mol. The lowest BCUT2D eigenvalue weighted by molar-refractivity contribution is -0.143. The van der Waals surface area contributed by atoms with Gasteiger partial charge in [-0.3, -0.25) is 9.59 Å². The third kappa shape index (κ3) is 2.56. The number of aryl methyl sites for hydroxylation is 1. The summed E-state index contributed by atoms with van der Waals surface area (Å²) in [5.41, 5.74) is 0.768. The molecule has 1 heterocycles. The number of hydrogen-bond acceptors (Lipinski definition) is 3. The van der Waals surface area contributed by atoms with Gasteiger partial charge in [-0.05, 0) is 31.9 Å². The van der Waals surface area contributed by atoms with Gasteiger partial charge in [0.1, 0.15) is 5.54 Å². The van der Waals surface area contributed by atoms with E-state index >= 15 is 0 Å². The predicted octanol–water partition coefficient (Wildman–Crippen LogP) is 1.08. The number of rotatable bonds is 4. The summed E-state index contributed by atoms with van der Waals surface area (Å²) in [4.78, 5) is 37.1. The molecule has 2 aliphatic rings. The molecule has 6 heteroatoms. The molecule has 2 amide bonds. The number of carboxylic acid groups (broad SMARTS) is 1. The van der Waals surface area contributed by atoms with Crippen molar-refractivity contribution in [2.75, 3.05) is 11.4 Å².